The third-order valence-electron chi connectivity index (χ3n) is 3.23. The minimum atomic E-state index is -0.382. The van der Waals surface area contributed by atoms with Gasteiger partial charge in [-0.25, -0.2) is 4.39 Å². The van der Waals surface area contributed by atoms with Crippen LogP contribution in [0.15, 0.2) is 36.5 Å². The minimum Gasteiger partial charge on any atom is -0.496 e. The van der Waals surface area contributed by atoms with Crippen molar-refractivity contribution in [1.82, 2.24) is 10.3 Å². The largest absolute Gasteiger partial charge is 0.496 e. The van der Waals surface area contributed by atoms with Crippen molar-refractivity contribution < 1.29 is 13.9 Å². The molecule has 0 fully saturated rings. The third-order valence-corrected chi connectivity index (χ3v) is 3.23. The van der Waals surface area contributed by atoms with Crippen LogP contribution in [0.2, 0.25) is 0 Å². The average molecular weight is 303 g/mol. The lowest BCUT2D eigenvalue weighted by molar-refractivity contribution is -0.121. The van der Waals surface area contributed by atoms with Crippen LogP contribution in [-0.2, 0) is 11.2 Å². The van der Waals surface area contributed by atoms with Gasteiger partial charge in [0.15, 0.2) is 0 Å². The van der Waals surface area contributed by atoms with Gasteiger partial charge in [-0.15, -0.1) is 0 Å². The van der Waals surface area contributed by atoms with E-state index in [1.165, 1.54) is 31.5 Å². The van der Waals surface area contributed by atoms with Crippen LogP contribution in [0.25, 0.3) is 0 Å². The zero-order valence-corrected chi connectivity index (χ0v) is 12.5. The van der Waals surface area contributed by atoms with E-state index in [0.29, 0.717) is 22.7 Å². The number of carbonyl (C=O) groups is 1. The molecule has 1 aromatic heterocycles. The number of nitrogens with zero attached hydrogens (tertiary/aromatic N) is 1. The molecule has 116 valence electrons. The summed E-state index contributed by atoms with van der Waals surface area (Å²) in [5.74, 6) is -0.0620. The van der Waals surface area contributed by atoms with Gasteiger partial charge in [-0.2, -0.15) is 0 Å². The number of nitrogens with two attached hydrogens (primary N) is 1. The first kappa shape index (κ1) is 15.8. The van der Waals surface area contributed by atoms with Gasteiger partial charge >= 0.3 is 0 Å². The summed E-state index contributed by atoms with van der Waals surface area (Å²) >= 11 is 0. The molecule has 1 atom stereocenters. The molecule has 1 aromatic carbocycles. The van der Waals surface area contributed by atoms with Crippen LogP contribution in [-0.4, -0.2) is 18.0 Å². The summed E-state index contributed by atoms with van der Waals surface area (Å²) in [5, 5.41) is 2.80. The number of anilines is 1. The fraction of sp³-hybridized carbons (Fsp3) is 0.250. The Hall–Kier alpha value is -2.63. The number of nitrogen functional groups attached to an aromatic ring is 1. The summed E-state index contributed by atoms with van der Waals surface area (Å²) < 4.78 is 18.6. The number of nitrogens with one attached hydrogen (secondary N) is 1. The highest BCUT2D eigenvalue weighted by Crippen LogP contribution is 2.25. The second-order valence-electron chi connectivity index (χ2n) is 4.94. The Bertz CT molecular complexity index is 659. The number of methoxy groups -OCH3 is 1. The van der Waals surface area contributed by atoms with E-state index in [4.69, 9.17) is 10.5 Å². The van der Waals surface area contributed by atoms with Gasteiger partial charge in [0.2, 0.25) is 5.91 Å². The second kappa shape index (κ2) is 6.89. The maximum absolute atomic E-state index is 13.4. The van der Waals surface area contributed by atoms with Gasteiger partial charge in [-0.05, 0) is 37.3 Å². The molecule has 5 nitrogen and oxygen atoms in total. The summed E-state index contributed by atoms with van der Waals surface area (Å²) in [6.07, 6.45) is 1.63. The molecule has 22 heavy (non-hydrogen) atoms. The molecule has 0 saturated heterocycles. The molecular formula is C16H18FN3O2. The fourth-order valence-electron chi connectivity index (χ4n) is 2.12. The van der Waals surface area contributed by atoms with E-state index in [1.807, 2.05) is 0 Å². The van der Waals surface area contributed by atoms with E-state index in [-0.39, 0.29) is 24.2 Å². The Morgan fingerprint density at radius 3 is 2.82 bits per heavy atom. The smallest absolute Gasteiger partial charge is 0.226 e. The molecule has 1 unspecified atom stereocenters. The van der Waals surface area contributed by atoms with E-state index < -0.39 is 0 Å². The monoisotopic (exact) mass is 303 g/mol. The maximum Gasteiger partial charge on any atom is 0.226 e. The second-order valence-corrected chi connectivity index (χ2v) is 4.94. The third kappa shape index (κ3) is 3.94. The standard InChI is InChI=1S/C16H18FN3O2/c1-10(14-7-11(17)3-6-15(14)22-2)20-16(21)8-13-5-4-12(18)9-19-13/h3-7,9-10H,8,18H2,1-2H3,(H,20,21). The zero-order chi connectivity index (χ0) is 16.1. The number of amides is 1. The van der Waals surface area contributed by atoms with Crippen LogP contribution in [0.4, 0.5) is 10.1 Å². The number of carbonyl (C=O) groups excluding carboxylic acids is 1. The fourth-order valence-corrected chi connectivity index (χ4v) is 2.12. The molecule has 0 radical (unpaired) electrons. The van der Waals surface area contributed by atoms with Gasteiger partial charge in [0.1, 0.15) is 11.6 Å². The van der Waals surface area contributed by atoms with Gasteiger partial charge in [0.25, 0.3) is 0 Å². The number of pyridine rings is 1. The van der Waals surface area contributed by atoms with Crippen molar-refractivity contribution in [3.8, 4) is 5.75 Å². The van der Waals surface area contributed by atoms with Gasteiger partial charge in [-0.3, -0.25) is 9.78 Å². The van der Waals surface area contributed by atoms with Crippen molar-refractivity contribution in [3.05, 3.63) is 53.6 Å². The van der Waals surface area contributed by atoms with E-state index in [1.54, 1.807) is 19.1 Å². The van der Waals surface area contributed by atoms with Crippen molar-refractivity contribution in [2.24, 2.45) is 0 Å². The number of benzene rings is 1. The highest BCUT2D eigenvalue weighted by molar-refractivity contribution is 5.78. The van der Waals surface area contributed by atoms with Crippen molar-refractivity contribution >= 4 is 11.6 Å². The Kier molecular flexibility index (Phi) is 4.93. The molecule has 2 rings (SSSR count). The van der Waals surface area contributed by atoms with Crippen LogP contribution in [0.1, 0.15) is 24.2 Å². The summed E-state index contributed by atoms with van der Waals surface area (Å²) in [6.45, 7) is 1.77. The van der Waals surface area contributed by atoms with Gasteiger partial charge in [0, 0.05) is 11.3 Å². The zero-order valence-electron chi connectivity index (χ0n) is 12.5. The highest BCUT2D eigenvalue weighted by atomic mass is 19.1. The van der Waals surface area contributed by atoms with Crippen LogP contribution in [0, 0.1) is 5.82 Å². The Balaban J connectivity index is 2.05. The average Bonchev–Trinajstić information content (AvgIpc) is 2.49. The van der Waals surface area contributed by atoms with Gasteiger partial charge in [-0.1, -0.05) is 0 Å². The molecule has 2 aromatic rings. The predicted molar refractivity (Wildman–Crippen MR) is 81.9 cm³/mol. The molecule has 6 heteroatoms. The molecular weight excluding hydrogens is 285 g/mol. The van der Waals surface area contributed by atoms with Gasteiger partial charge in [0.05, 0.1) is 31.5 Å². The highest BCUT2D eigenvalue weighted by Gasteiger charge is 2.15. The summed E-state index contributed by atoms with van der Waals surface area (Å²) in [4.78, 5) is 16.1. The first-order valence-corrected chi connectivity index (χ1v) is 6.83. The maximum atomic E-state index is 13.4. The van der Waals surface area contributed by atoms with E-state index in [0.717, 1.165) is 0 Å². The summed E-state index contributed by atoms with van der Waals surface area (Å²) in [5.41, 5.74) is 7.29. The van der Waals surface area contributed by atoms with Gasteiger partial charge < -0.3 is 15.8 Å². The van der Waals surface area contributed by atoms with Crippen molar-refractivity contribution in [1.29, 1.82) is 0 Å². The topological polar surface area (TPSA) is 77.2 Å². The summed E-state index contributed by atoms with van der Waals surface area (Å²) in [7, 11) is 1.50. The van der Waals surface area contributed by atoms with Crippen molar-refractivity contribution in [2.45, 2.75) is 19.4 Å². The molecule has 0 aliphatic heterocycles. The molecule has 0 spiro atoms. The number of aromatic nitrogens is 1. The Morgan fingerprint density at radius 2 is 2.18 bits per heavy atom. The number of ether oxygens (including phenoxy) is 1. The lowest BCUT2D eigenvalue weighted by Crippen LogP contribution is -2.28. The number of hydrogen-bond acceptors (Lipinski definition) is 4. The number of halogens is 1. The van der Waals surface area contributed by atoms with Crippen LogP contribution in [0.3, 0.4) is 0 Å². The molecule has 0 saturated carbocycles. The molecule has 0 bridgehead atoms. The number of hydrogen-bond donors (Lipinski definition) is 2. The molecule has 0 aliphatic carbocycles. The molecule has 3 N–H and O–H groups in total. The van der Waals surface area contributed by atoms with E-state index in [2.05, 4.69) is 10.3 Å². The quantitative estimate of drug-likeness (QED) is 0.888. The SMILES string of the molecule is COc1ccc(F)cc1C(C)NC(=O)Cc1ccc(N)cn1. The lowest BCUT2D eigenvalue weighted by Gasteiger charge is -2.17. The van der Waals surface area contributed by atoms with Crippen LogP contribution >= 0.6 is 0 Å². The van der Waals surface area contributed by atoms with Crippen molar-refractivity contribution in [3.63, 3.8) is 0 Å². The first-order chi connectivity index (χ1) is 10.5. The molecule has 1 amide bonds. The normalized spacial score (nSPS) is 11.8. The van der Waals surface area contributed by atoms with Crippen LogP contribution < -0.4 is 15.8 Å². The van der Waals surface area contributed by atoms with E-state index >= 15 is 0 Å². The molecule has 0 aliphatic rings. The minimum absolute atomic E-state index is 0.127. The Labute approximate surface area is 128 Å². The Morgan fingerprint density at radius 1 is 1.41 bits per heavy atom. The van der Waals surface area contributed by atoms with Crippen molar-refractivity contribution in [2.75, 3.05) is 12.8 Å². The number of rotatable bonds is 5. The van der Waals surface area contributed by atoms with E-state index in [9.17, 15) is 9.18 Å². The summed E-state index contributed by atoms with van der Waals surface area (Å²) in [6, 6.07) is 7.21. The van der Waals surface area contributed by atoms with Crippen LogP contribution in [0.5, 0.6) is 5.75 Å². The lowest BCUT2D eigenvalue weighted by atomic mass is 10.1. The molecule has 1 heterocycles. The first-order valence-electron chi connectivity index (χ1n) is 6.83. The predicted octanol–water partition coefficient (Wildman–Crippen LogP) is 2.23.